The molecule has 0 unspecified atom stereocenters. The van der Waals surface area contributed by atoms with Gasteiger partial charge in [0.2, 0.25) is 0 Å². The van der Waals surface area contributed by atoms with Crippen LogP contribution >= 0.6 is 0 Å². The first-order valence-electron chi connectivity index (χ1n) is 4.33. The van der Waals surface area contributed by atoms with Gasteiger partial charge in [0.05, 0.1) is 25.3 Å². The van der Waals surface area contributed by atoms with Crippen molar-refractivity contribution in [1.82, 2.24) is 0 Å². The third-order valence-electron chi connectivity index (χ3n) is 2.02. The number of esters is 1. The number of benzene rings is 1. The Bertz CT molecular complexity index is 474. The molecule has 0 aromatic heterocycles. The van der Waals surface area contributed by atoms with Crippen LogP contribution in [0.25, 0.3) is 0 Å². The molecule has 82 valence electrons. The fourth-order valence-corrected chi connectivity index (χ4v) is 1.27. The number of carbonyl (C=O) groups excluding carboxylic acids is 2. The van der Waals surface area contributed by atoms with Crippen LogP contribution in [0.2, 0.25) is 0 Å². The smallest absolute Gasteiger partial charge is 0.339 e. The minimum absolute atomic E-state index is 0.0409. The summed E-state index contributed by atoms with van der Waals surface area (Å²) in [4.78, 5) is 22.2. The van der Waals surface area contributed by atoms with Gasteiger partial charge in [-0.1, -0.05) is 0 Å². The summed E-state index contributed by atoms with van der Waals surface area (Å²) >= 11 is 0. The van der Waals surface area contributed by atoms with E-state index in [1.807, 2.05) is 6.07 Å². The number of hydrogen-bond donors (Lipinski definition) is 0. The van der Waals surface area contributed by atoms with Crippen LogP contribution in [0.5, 0.6) is 5.75 Å². The maximum Gasteiger partial charge on any atom is 0.339 e. The van der Waals surface area contributed by atoms with Crippen LogP contribution in [0, 0.1) is 11.3 Å². The van der Waals surface area contributed by atoms with Gasteiger partial charge in [-0.2, -0.15) is 5.26 Å². The SMILES string of the molecule is COC(=O)c1c(C#N)cc(OC)cc1C=O. The average molecular weight is 219 g/mol. The standard InChI is InChI=1S/C11H9NO4/c1-15-9-3-7(5-12)10(11(14)16-2)8(4-9)6-13/h3-4,6H,1-2H3. The molecule has 1 rings (SSSR count). The van der Waals surface area contributed by atoms with E-state index in [-0.39, 0.29) is 16.7 Å². The quantitative estimate of drug-likeness (QED) is 0.563. The van der Waals surface area contributed by atoms with Crippen molar-refractivity contribution < 1.29 is 19.1 Å². The van der Waals surface area contributed by atoms with Crippen LogP contribution in [-0.2, 0) is 4.74 Å². The lowest BCUT2D eigenvalue weighted by Crippen LogP contribution is -2.08. The molecule has 0 N–H and O–H groups in total. The Hall–Kier alpha value is -2.35. The van der Waals surface area contributed by atoms with E-state index in [1.165, 1.54) is 26.4 Å². The van der Waals surface area contributed by atoms with Crippen LogP contribution in [-0.4, -0.2) is 26.5 Å². The highest BCUT2D eigenvalue weighted by atomic mass is 16.5. The van der Waals surface area contributed by atoms with Gasteiger partial charge in [-0.3, -0.25) is 4.79 Å². The molecule has 0 spiro atoms. The third kappa shape index (κ3) is 2.01. The fraction of sp³-hybridized carbons (Fsp3) is 0.182. The molecule has 16 heavy (non-hydrogen) atoms. The molecule has 5 heteroatoms. The minimum atomic E-state index is -0.721. The van der Waals surface area contributed by atoms with Crippen molar-refractivity contribution in [2.24, 2.45) is 0 Å². The molecule has 0 aliphatic heterocycles. The number of nitriles is 1. The average Bonchev–Trinajstić information content (AvgIpc) is 2.35. The highest BCUT2D eigenvalue weighted by Crippen LogP contribution is 2.21. The molecule has 0 heterocycles. The third-order valence-corrected chi connectivity index (χ3v) is 2.02. The number of hydrogen-bond acceptors (Lipinski definition) is 5. The zero-order chi connectivity index (χ0) is 12.1. The highest BCUT2D eigenvalue weighted by Gasteiger charge is 2.18. The molecule has 0 bridgehead atoms. The molecule has 1 aromatic rings. The molecule has 0 aliphatic rings. The van der Waals surface area contributed by atoms with E-state index in [9.17, 15) is 9.59 Å². The predicted octanol–water partition coefficient (Wildman–Crippen LogP) is 1.17. The first-order chi connectivity index (χ1) is 7.67. The summed E-state index contributed by atoms with van der Waals surface area (Å²) in [6.07, 6.45) is 0.482. The van der Waals surface area contributed by atoms with Gasteiger partial charge < -0.3 is 9.47 Å². The van der Waals surface area contributed by atoms with Gasteiger partial charge in [0.15, 0.2) is 6.29 Å². The number of aldehydes is 1. The molecule has 0 saturated carbocycles. The first-order valence-corrected chi connectivity index (χ1v) is 4.33. The van der Waals surface area contributed by atoms with Crippen LogP contribution < -0.4 is 4.74 Å². The highest BCUT2D eigenvalue weighted by molar-refractivity contribution is 6.00. The van der Waals surface area contributed by atoms with E-state index in [1.54, 1.807) is 0 Å². The van der Waals surface area contributed by atoms with Crippen LogP contribution in [0.1, 0.15) is 26.3 Å². The normalized spacial score (nSPS) is 9.06. The Balaban J connectivity index is 3.51. The topological polar surface area (TPSA) is 76.4 Å². The van der Waals surface area contributed by atoms with Crippen molar-refractivity contribution in [2.45, 2.75) is 0 Å². The lowest BCUT2D eigenvalue weighted by molar-refractivity contribution is 0.0598. The van der Waals surface area contributed by atoms with Crippen molar-refractivity contribution in [3.63, 3.8) is 0 Å². The maximum atomic E-state index is 11.4. The number of ether oxygens (including phenoxy) is 2. The summed E-state index contributed by atoms with van der Waals surface area (Å²) in [5.74, 6) is -0.382. The summed E-state index contributed by atoms with van der Waals surface area (Å²) in [6.45, 7) is 0. The predicted molar refractivity (Wildman–Crippen MR) is 54.4 cm³/mol. The molecule has 0 fully saturated rings. The number of nitrogens with zero attached hydrogens (tertiary/aromatic N) is 1. The van der Waals surface area contributed by atoms with E-state index in [0.29, 0.717) is 12.0 Å². The molecule has 0 amide bonds. The van der Waals surface area contributed by atoms with Crippen molar-refractivity contribution in [3.8, 4) is 11.8 Å². The Morgan fingerprint density at radius 1 is 1.44 bits per heavy atom. The summed E-state index contributed by atoms with van der Waals surface area (Å²) in [5.41, 5.74) is 0.0804. The van der Waals surface area contributed by atoms with E-state index < -0.39 is 5.97 Å². The van der Waals surface area contributed by atoms with Crippen LogP contribution in [0.3, 0.4) is 0 Å². The van der Waals surface area contributed by atoms with Gasteiger partial charge in [-0.05, 0) is 12.1 Å². The molecular formula is C11H9NO4. The molecular weight excluding hydrogens is 210 g/mol. The lowest BCUT2D eigenvalue weighted by Gasteiger charge is -2.07. The van der Waals surface area contributed by atoms with Crippen molar-refractivity contribution in [2.75, 3.05) is 14.2 Å². The summed E-state index contributed by atoms with van der Waals surface area (Å²) in [5, 5.41) is 8.87. The minimum Gasteiger partial charge on any atom is -0.497 e. The number of carbonyl (C=O) groups is 2. The second-order valence-electron chi connectivity index (χ2n) is 2.86. The molecule has 1 aromatic carbocycles. The maximum absolute atomic E-state index is 11.4. The van der Waals surface area contributed by atoms with E-state index in [0.717, 1.165) is 0 Å². The van der Waals surface area contributed by atoms with Crippen molar-refractivity contribution in [1.29, 1.82) is 5.26 Å². The zero-order valence-corrected chi connectivity index (χ0v) is 8.81. The van der Waals surface area contributed by atoms with E-state index >= 15 is 0 Å². The molecule has 0 atom stereocenters. The van der Waals surface area contributed by atoms with Gasteiger partial charge in [0.25, 0.3) is 0 Å². The fourth-order valence-electron chi connectivity index (χ4n) is 1.27. The van der Waals surface area contributed by atoms with Gasteiger partial charge in [0, 0.05) is 5.56 Å². The lowest BCUT2D eigenvalue weighted by atomic mass is 10.0. The summed E-state index contributed by atoms with van der Waals surface area (Å²) in [7, 11) is 2.59. The molecule has 0 aliphatic carbocycles. The van der Waals surface area contributed by atoms with E-state index in [4.69, 9.17) is 10.00 Å². The monoisotopic (exact) mass is 219 g/mol. The first kappa shape index (κ1) is 11.7. The largest absolute Gasteiger partial charge is 0.497 e. The zero-order valence-electron chi connectivity index (χ0n) is 8.81. The Labute approximate surface area is 92.2 Å². The second-order valence-corrected chi connectivity index (χ2v) is 2.86. The van der Waals surface area contributed by atoms with Crippen molar-refractivity contribution in [3.05, 3.63) is 28.8 Å². The van der Waals surface area contributed by atoms with Crippen molar-refractivity contribution >= 4 is 12.3 Å². The Morgan fingerprint density at radius 2 is 2.12 bits per heavy atom. The second kappa shape index (κ2) is 4.94. The molecule has 5 nitrogen and oxygen atoms in total. The van der Waals surface area contributed by atoms with Crippen LogP contribution in [0.4, 0.5) is 0 Å². The van der Waals surface area contributed by atoms with Crippen LogP contribution in [0.15, 0.2) is 12.1 Å². The molecule has 0 saturated heterocycles. The Kier molecular flexibility index (Phi) is 3.62. The summed E-state index contributed by atoms with van der Waals surface area (Å²) < 4.78 is 9.41. The van der Waals surface area contributed by atoms with E-state index in [2.05, 4.69) is 4.74 Å². The number of methoxy groups -OCH3 is 2. The Morgan fingerprint density at radius 3 is 2.56 bits per heavy atom. The van der Waals surface area contributed by atoms with Gasteiger partial charge in [-0.25, -0.2) is 4.79 Å². The van der Waals surface area contributed by atoms with Gasteiger partial charge in [0.1, 0.15) is 11.8 Å². The number of rotatable bonds is 3. The summed E-state index contributed by atoms with van der Waals surface area (Å²) in [6, 6.07) is 4.57. The van der Waals surface area contributed by atoms with Gasteiger partial charge >= 0.3 is 5.97 Å². The van der Waals surface area contributed by atoms with Gasteiger partial charge in [-0.15, -0.1) is 0 Å². The molecule has 0 radical (unpaired) electrons.